The zero-order valence-corrected chi connectivity index (χ0v) is 26.1. The number of esters is 1. The molecule has 242 valence electrons. The van der Waals surface area contributed by atoms with Crippen LogP contribution in [0.15, 0.2) is 18.2 Å². The van der Waals surface area contributed by atoms with E-state index in [-0.39, 0.29) is 43.0 Å². The maximum absolute atomic E-state index is 12.7. The lowest BCUT2D eigenvalue weighted by Crippen LogP contribution is -2.58. The number of hydrogen-bond donors (Lipinski definition) is 2. The summed E-state index contributed by atoms with van der Waals surface area (Å²) in [5, 5.41) is 10.2. The molecule has 1 aliphatic rings. The number of carboxylic acids is 1. The first-order valence-electron chi connectivity index (χ1n) is 15.6. The topological polar surface area (TPSA) is 161 Å². The van der Waals surface area contributed by atoms with Crippen molar-refractivity contribution in [2.24, 2.45) is 17.6 Å². The Kier molecular flexibility index (Phi) is 15.3. The highest BCUT2D eigenvalue weighted by Gasteiger charge is 2.44. The number of rotatable bonds is 17. The van der Waals surface area contributed by atoms with Crippen molar-refractivity contribution in [3.05, 3.63) is 23.8 Å². The molecule has 0 heterocycles. The molecule has 0 amide bonds. The third kappa shape index (κ3) is 11.7. The summed E-state index contributed by atoms with van der Waals surface area (Å²) in [7, 11) is 0. The van der Waals surface area contributed by atoms with Crippen LogP contribution in [-0.4, -0.2) is 54.2 Å². The molecule has 0 saturated heterocycles. The Hall–Kier alpha value is -3.34. The van der Waals surface area contributed by atoms with Crippen molar-refractivity contribution in [2.75, 3.05) is 13.2 Å². The van der Waals surface area contributed by atoms with Crippen LogP contribution in [0.1, 0.15) is 104 Å². The number of ether oxygens (including phenoxy) is 5. The summed E-state index contributed by atoms with van der Waals surface area (Å²) in [6.07, 6.45) is 6.62. The minimum absolute atomic E-state index is 0.101. The average Bonchev–Trinajstić information content (AvgIpc) is 2.98. The number of aliphatic carboxylic acids is 1. The molecule has 1 saturated carbocycles. The number of nitrogens with two attached hydrogens (primary N) is 1. The van der Waals surface area contributed by atoms with Crippen LogP contribution in [0.5, 0.6) is 11.5 Å². The molecule has 0 aliphatic heterocycles. The van der Waals surface area contributed by atoms with E-state index in [1.165, 1.54) is 18.2 Å². The van der Waals surface area contributed by atoms with E-state index < -0.39 is 35.8 Å². The Labute approximate surface area is 254 Å². The van der Waals surface area contributed by atoms with E-state index in [2.05, 4.69) is 0 Å². The van der Waals surface area contributed by atoms with Gasteiger partial charge in [-0.2, -0.15) is 0 Å². The van der Waals surface area contributed by atoms with Gasteiger partial charge in [-0.1, -0.05) is 71.8 Å². The summed E-state index contributed by atoms with van der Waals surface area (Å²) >= 11 is 0. The van der Waals surface area contributed by atoms with Crippen molar-refractivity contribution in [1.29, 1.82) is 0 Å². The van der Waals surface area contributed by atoms with Crippen LogP contribution in [0, 0.1) is 11.8 Å². The number of carbonyl (C=O) groups excluding carboxylic acids is 3. The maximum Gasteiger partial charge on any atom is 0.513 e. The van der Waals surface area contributed by atoms with Crippen LogP contribution >= 0.6 is 0 Å². The van der Waals surface area contributed by atoms with Gasteiger partial charge in [0, 0.05) is 12.3 Å². The fourth-order valence-corrected chi connectivity index (χ4v) is 4.99. The molecule has 11 nitrogen and oxygen atoms in total. The SMILES string of the molecule is CCCCCOC(=O)Oc1ccc(C[C@](N)(C(=O)O)[C@H](C)[C@H](C)OC(=O)C2CCCCC2)cc1OC(=O)OCCCCC. The second-order valence-corrected chi connectivity index (χ2v) is 11.4. The fraction of sp³-hybridized carbons (Fsp3) is 0.688. The summed E-state index contributed by atoms with van der Waals surface area (Å²) < 4.78 is 26.6. The van der Waals surface area contributed by atoms with Crippen molar-refractivity contribution in [1.82, 2.24) is 0 Å². The number of carbonyl (C=O) groups is 4. The molecule has 1 fully saturated rings. The van der Waals surface area contributed by atoms with Crippen molar-refractivity contribution in [3.63, 3.8) is 0 Å². The highest BCUT2D eigenvalue weighted by Crippen LogP contribution is 2.33. The van der Waals surface area contributed by atoms with Crippen molar-refractivity contribution in [3.8, 4) is 11.5 Å². The van der Waals surface area contributed by atoms with Gasteiger partial charge in [0.2, 0.25) is 0 Å². The Morgan fingerprint density at radius 2 is 1.44 bits per heavy atom. The lowest BCUT2D eigenvalue weighted by atomic mass is 9.78. The molecular weight excluding hydrogens is 558 g/mol. The third-order valence-corrected chi connectivity index (χ3v) is 7.98. The number of hydrogen-bond acceptors (Lipinski definition) is 10. The molecule has 3 atom stereocenters. The van der Waals surface area contributed by atoms with E-state index in [4.69, 9.17) is 29.4 Å². The molecule has 3 N–H and O–H groups in total. The second-order valence-electron chi connectivity index (χ2n) is 11.4. The third-order valence-electron chi connectivity index (χ3n) is 7.98. The summed E-state index contributed by atoms with van der Waals surface area (Å²) in [6, 6.07) is 4.28. The van der Waals surface area contributed by atoms with Crippen LogP contribution < -0.4 is 15.2 Å². The predicted molar refractivity (Wildman–Crippen MR) is 159 cm³/mol. The summed E-state index contributed by atoms with van der Waals surface area (Å²) in [6.45, 7) is 7.65. The summed E-state index contributed by atoms with van der Waals surface area (Å²) in [4.78, 5) is 49.9. The lowest BCUT2D eigenvalue weighted by molar-refractivity contribution is -0.162. The van der Waals surface area contributed by atoms with E-state index in [1.54, 1.807) is 13.8 Å². The molecular formula is C32H49NO10. The van der Waals surface area contributed by atoms with Gasteiger partial charge in [0.15, 0.2) is 11.5 Å². The molecule has 43 heavy (non-hydrogen) atoms. The van der Waals surface area contributed by atoms with Gasteiger partial charge >= 0.3 is 24.2 Å². The zero-order valence-electron chi connectivity index (χ0n) is 26.1. The molecule has 0 spiro atoms. The Bertz CT molecular complexity index is 1050. The zero-order chi connectivity index (χ0) is 31.8. The van der Waals surface area contributed by atoms with Gasteiger partial charge < -0.3 is 34.5 Å². The van der Waals surface area contributed by atoms with Gasteiger partial charge in [-0.25, -0.2) is 9.59 Å². The molecule has 1 aliphatic carbocycles. The fourth-order valence-electron chi connectivity index (χ4n) is 4.99. The van der Waals surface area contributed by atoms with Crippen molar-refractivity contribution in [2.45, 2.75) is 116 Å². The van der Waals surface area contributed by atoms with Crippen LogP contribution in [0.2, 0.25) is 0 Å². The van der Waals surface area contributed by atoms with Crippen LogP contribution in [0.4, 0.5) is 9.59 Å². The monoisotopic (exact) mass is 607 g/mol. The summed E-state index contributed by atoms with van der Waals surface area (Å²) in [5.41, 5.74) is 5.03. The molecule has 0 aromatic heterocycles. The highest BCUT2D eigenvalue weighted by atomic mass is 16.7. The van der Waals surface area contributed by atoms with Crippen LogP contribution in [0.3, 0.4) is 0 Å². The quantitative estimate of drug-likeness (QED) is 0.0852. The number of unbranched alkanes of at least 4 members (excludes halogenated alkanes) is 4. The van der Waals surface area contributed by atoms with Gasteiger partial charge in [-0.3, -0.25) is 9.59 Å². The Morgan fingerprint density at radius 3 is 1.98 bits per heavy atom. The molecule has 0 bridgehead atoms. The van der Waals surface area contributed by atoms with E-state index in [0.717, 1.165) is 57.8 Å². The van der Waals surface area contributed by atoms with Crippen molar-refractivity contribution < 1.29 is 48.0 Å². The highest BCUT2D eigenvalue weighted by molar-refractivity contribution is 5.80. The smallest absolute Gasteiger partial charge is 0.480 e. The second kappa shape index (κ2) is 18.4. The Balaban J connectivity index is 2.22. The predicted octanol–water partition coefficient (Wildman–Crippen LogP) is 6.57. The minimum Gasteiger partial charge on any atom is -0.480 e. The number of benzene rings is 1. The van der Waals surface area contributed by atoms with Gasteiger partial charge in [0.25, 0.3) is 0 Å². The van der Waals surface area contributed by atoms with Gasteiger partial charge in [0.1, 0.15) is 11.6 Å². The minimum atomic E-state index is -1.84. The first-order valence-corrected chi connectivity index (χ1v) is 15.6. The lowest BCUT2D eigenvalue weighted by Gasteiger charge is -2.35. The molecule has 0 radical (unpaired) electrons. The first kappa shape index (κ1) is 35.9. The normalized spacial score (nSPS) is 16.3. The maximum atomic E-state index is 12.7. The van der Waals surface area contributed by atoms with E-state index >= 15 is 0 Å². The van der Waals surface area contributed by atoms with E-state index in [1.807, 2.05) is 13.8 Å². The number of carboxylic acid groups (broad SMARTS) is 1. The molecule has 2 rings (SSSR count). The largest absolute Gasteiger partial charge is 0.513 e. The average molecular weight is 608 g/mol. The van der Waals surface area contributed by atoms with E-state index in [9.17, 15) is 24.3 Å². The molecule has 0 unspecified atom stereocenters. The van der Waals surface area contributed by atoms with Gasteiger partial charge in [0.05, 0.1) is 19.1 Å². The van der Waals surface area contributed by atoms with Crippen LogP contribution in [0.25, 0.3) is 0 Å². The molecule has 1 aromatic rings. The van der Waals surface area contributed by atoms with Crippen molar-refractivity contribution >= 4 is 24.2 Å². The first-order chi connectivity index (χ1) is 20.5. The van der Waals surface area contributed by atoms with Crippen LogP contribution in [-0.2, 0) is 30.2 Å². The van der Waals surface area contributed by atoms with E-state index in [0.29, 0.717) is 18.4 Å². The standard InChI is InChI=1S/C32H49NO10/c1-5-7-12-18-39-30(37)42-26-17-16-24(20-27(26)43-31(38)40-19-13-8-6-2)21-32(33,29(35)36)22(3)23(4)41-28(34)25-14-10-9-11-15-25/h16-17,20,22-23,25H,5-15,18-19,21,33H2,1-4H3,(H,35,36)/t22-,23+,32-/m1/s1. The summed E-state index contributed by atoms with van der Waals surface area (Å²) in [5.74, 6) is -2.83. The van der Waals surface area contributed by atoms with Gasteiger partial charge in [-0.05, 0) is 50.3 Å². The van der Waals surface area contributed by atoms with Gasteiger partial charge in [-0.15, -0.1) is 0 Å². The Morgan fingerprint density at radius 1 is 0.884 bits per heavy atom. The molecule has 1 aromatic carbocycles. The molecule has 11 heteroatoms.